The number of rotatable bonds is 4. The monoisotopic (exact) mass is 403 g/mol. The van der Waals surface area contributed by atoms with Crippen molar-refractivity contribution < 1.29 is 14.1 Å². The third-order valence-electron chi connectivity index (χ3n) is 4.79. The molecule has 28 heavy (non-hydrogen) atoms. The van der Waals surface area contributed by atoms with Crippen molar-refractivity contribution in [1.82, 2.24) is 9.97 Å². The van der Waals surface area contributed by atoms with E-state index in [4.69, 9.17) is 4.74 Å². The van der Waals surface area contributed by atoms with E-state index in [2.05, 4.69) is 20.9 Å². The SMILES string of the molecule is COc1cc(F)c([N+](=O)[O-])c(N2CCN(c3ncnc4sc(C)cc34)CC2)c1. The van der Waals surface area contributed by atoms with E-state index < -0.39 is 16.4 Å². The third-order valence-corrected chi connectivity index (χ3v) is 5.75. The van der Waals surface area contributed by atoms with Gasteiger partial charge in [0, 0.05) is 43.2 Å². The first-order valence-corrected chi connectivity index (χ1v) is 9.52. The highest BCUT2D eigenvalue weighted by Gasteiger charge is 2.29. The number of benzene rings is 1. The van der Waals surface area contributed by atoms with Gasteiger partial charge in [-0.25, -0.2) is 9.97 Å². The highest BCUT2D eigenvalue weighted by Crippen LogP contribution is 2.36. The Morgan fingerprint density at radius 3 is 2.57 bits per heavy atom. The number of aromatic nitrogens is 2. The van der Waals surface area contributed by atoms with Crippen molar-refractivity contribution in [2.24, 2.45) is 0 Å². The van der Waals surface area contributed by atoms with E-state index in [1.54, 1.807) is 17.7 Å². The largest absolute Gasteiger partial charge is 0.497 e. The summed E-state index contributed by atoms with van der Waals surface area (Å²) in [5.74, 6) is 0.222. The van der Waals surface area contributed by atoms with Crippen molar-refractivity contribution in [3.05, 3.63) is 45.3 Å². The number of methoxy groups -OCH3 is 1. The van der Waals surface area contributed by atoms with Crippen LogP contribution in [0.15, 0.2) is 24.5 Å². The number of ether oxygens (including phenoxy) is 1. The molecule has 1 saturated heterocycles. The van der Waals surface area contributed by atoms with Gasteiger partial charge in [-0.3, -0.25) is 10.1 Å². The van der Waals surface area contributed by atoms with Gasteiger partial charge in [0.2, 0.25) is 5.82 Å². The van der Waals surface area contributed by atoms with Crippen LogP contribution in [-0.4, -0.2) is 48.2 Å². The molecule has 3 heterocycles. The number of thiophene rings is 1. The number of hydrogen-bond donors (Lipinski definition) is 0. The zero-order valence-electron chi connectivity index (χ0n) is 15.4. The van der Waals surface area contributed by atoms with E-state index in [1.165, 1.54) is 13.2 Å². The van der Waals surface area contributed by atoms with Crippen LogP contribution in [0.3, 0.4) is 0 Å². The molecule has 1 aliphatic rings. The Bertz CT molecular complexity index is 1050. The van der Waals surface area contributed by atoms with Gasteiger partial charge < -0.3 is 14.5 Å². The van der Waals surface area contributed by atoms with Gasteiger partial charge in [0.15, 0.2) is 0 Å². The Kier molecular flexibility index (Phi) is 4.71. The lowest BCUT2D eigenvalue weighted by molar-refractivity contribution is -0.386. The number of nitro benzene ring substituents is 1. The minimum Gasteiger partial charge on any atom is -0.497 e. The van der Waals surface area contributed by atoms with E-state index in [-0.39, 0.29) is 11.4 Å². The van der Waals surface area contributed by atoms with E-state index >= 15 is 0 Å². The lowest BCUT2D eigenvalue weighted by Gasteiger charge is -2.36. The van der Waals surface area contributed by atoms with E-state index in [1.807, 2.05) is 11.8 Å². The Hall–Kier alpha value is -3.01. The van der Waals surface area contributed by atoms with Crippen LogP contribution >= 0.6 is 11.3 Å². The summed E-state index contributed by atoms with van der Waals surface area (Å²) >= 11 is 1.62. The number of hydrogen-bond acceptors (Lipinski definition) is 8. The van der Waals surface area contributed by atoms with Gasteiger partial charge in [0.1, 0.15) is 28.4 Å². The lowest BCUT2D eigenvalue weighted by Crippen LogP contribution is -2.47. The average molecular weight is 403 g/mol. The van der Waals surface area contributed by atoms with Crippen molar-refractivity contribution >= 4 is 38.7 Å². The second kappa shape index (κ2) is 7.19. The molecule has 0 amide bonds. The maximum absolute atomic E-state index is 14.2. The summed E-state index contributed by atoms with van der Waals surface area (Å²) in [5.41, 5.74) is -0.284. The lowest BCUT2D eigenvalue weighted by atomic mass is 10.2. The zero-order valence-corrected chi connectivity index (χ0v) is 16.2. The second-order valence-electron chi connectivity index (χ2n) is 6.48. The Balaban J connectivity index is 1.61. The molecule has 10 heteroatoms. The van der Waals surface area contributed by atoms with Crippen LogP contribution in [0.4, 0.5) is 21.6 Å². The minimum absolute atomic E-state index is 0.237. The van der Waals surface area contributed by atoms with Crippen molar-refractivity contribution in [1.29, 1.82) is 0 Å². The second-order valence-corrected chi connectivity index (χ2v) is 7.72. The number of nitrogens with zero attached hydrogens (tertiary/aromatic N) is 5. The number of fused-ring (bicyclic) bond motifs is 1. The quantitative estimate of drug-likeness (QED) is 0.488. The molecular formula is C18H18FN5O3S. The van der Waals surface area contributed by atoms with Crippen molar-refractivity contribution in [2.45, 2.75) is 6.92 Å². The molecule has 2 aromatic heterocycles. The topological polar surface area (TPSA) is 84.6 Å². The number of anilines is 2. The van der Waals surface area contributed by atoms with Gasteiger partial charge in [-0.1, -0.05) is 0 Å². The van der Waals surface area contributed by atoms with Crippen LogP contribution in [0.25, 0.3) is 10.2 Å². The van der Waals surface area contributed by atoms with Crippen LogP contribution in [0.2, 0.25) is 0 Å². The summed E-state index contributed by atoms with van der Waals surface area (Å²) in [6, 6.07) is 4.63. The fourth-order valence-electron chi connectivity index (χ4n) is 3.47. The minimum atomic E-state index is -0.895. The summed E-state index contributed by atoms with van der Waals surface area (Å²) in [7, 11) is 1.41. The van der Waals surface area contributed by atoms with Gasteiger partial charge >= 0.3 is 5.69 Å². The van der Waals surface area contributed by atoms with Crippen LogP contribution in [-0.2, 0) is 0 Å². The van der Waals surface area contributed by atoms with Crippen LogP contribution in [0.1, 0.15) is 4.88 Å². The molecule has 8 nitrogen and oxygen atoms in total. The van der Waals surface area contributed by atoms with Crippen molar-refractivity contribution in [2.75, 3.05) is 43.1 Å². The van der Waals surface area contributed by atoms with Gasteiger partial charge in [-0.15, -0.1) is 11.3 Å². The van der Waals surface area contributed by atoms with E-state index in [0.717, 1.165) is 27.0 Å². The Labute approximate surface area is 164 Å². The average Bonchev–Trinajstić information content (AvgIpc) is 3.07. The van der Waals surface area contributed by atoms with E-state index in [0.29, 0.717) is 26.2 Å². The first-order chi connectivity index (χ1) is 13.5. The Morgan fingerprint density at radius 1 is 1.18 bits per heavy atom. The maximum Gasteiger partial charge on any atom is 0.328 e. The number of aryl methyl sites for hydroxylation is 1. The first-order valence-electron chi connectivity index (χ1n) is 8.71. The molecule has 0 bridgehead atoms. The Morgan fingerprint density at radius 2 is 1.89 bits per heavy atom. The molecule has 4 rings (SSSR count). The normalized spacial score (nSPS) is 14.5. The highest BCUT2D eigenvalue weighted by molar-refractivity contribution is 7.18. The summed E-state index contributed by atoms with van der Waals surface area (Å²) in [6.07, 6.45) is 1.56. The summed E-state index contributed by atoms with van der Waals surface area (Å²) in [6.45, 7) is 4.25. The van der Waals surface area contributed by atoms with Crippen LogP contribution in [0, 0.1) is 22.9 Å². The number of piperazine rings is 1. The predicted octanol–water partition coefficient (Wildman–Crippen LogP) is 3.38. The molecular weight excluding hydrogens is 385 g/mol. The predicted molar refractivity (Wildman–Crippen MR) is 106 cm³/mol. The molecule has 3 aromatic rings. The molecule has 0 atom stereocenters. The van der Waals surface area contributed by atoms with E-state index in [9.17, 15) is 14.5 Å². The number of nitro groups is 1. The third kappa shape index (κ3) is 3.19. The maximum atomic E-state index is 14.2. The molecule has 0 radical (unpaired) electrons. The molecule has 0 N–H and O–H groups in total. The first kappa shape index (κ1) is 18.4. The molecule has 0 saturated carbocycles. The molecule has 1 aliphatic heterocycles. The van der Waals surface area contributed by atoms with Crippen molar-refractivity contribution in [3.8, 4) is 5.75 Å². The molecule has 0 unspecified atom stereocenters. The molecule has 0 spiro atoms. The van der Waals surface area contributed by atoms with Gasteiger partial charge in [0.05, 0.1) is 17.4 Å². The summed E-state index contributed by atoms with van der Waals surface area (Å²) < 4.78 is 19.3. The summed E-state index contributed by atoms with van der Waals surface area (Å²) in [5, 5.41) is 12.4. The zero-order chi connectivity index (χ0) is 19.8. The highest BCUT2D eigenvalue weighted by atomic mass is 32.1. The van der Waals surface area contributed by atoms with Crippen LogP contribution < -0.4 is 14.5 Å². The molecule has 1 fully saturated rings. The van der Waals surface area contributed by atoms with Crippen LogP contribution in [0.5, 0.6) is 5.75 Å². The smallest absolute Gasteiger partial charge is 0.328 e. The standard InChI is InChI=1S/C18H18FN5O3S/c1-11-7-13-17(20-10-21-18(13)28-11)23-5-3-22(4-6-23)15-9-12(27-2)8-14(19)16(15)24(25)26/h7-10H,3-6H2,1-2H3. The van der Waals surface area contributed by atoms with Gasteiger partial charge in [-0.05, 0) is 13.0 Å². The fourth-order valence-corrected chi connectivity index (χ4v) is 4.32. The fraction of sp³-hybridized carbons (Fsp3) is 0.333. The molecule has 1 aromatic carbocycles. The molecule has 0 aliphatic carbocycles. The van der Waals surface area contributed by atoms with Crippen molar-refractivity contribution in [3.63, 3.8) is 0 Å². The van der Waals surface area contributed by atoms with Gasteiger partial charge in [0.25, 0.3) is 0 Å². The molecule has 146 valence electrons. The number of halogens is 1. The van der Waals surface area contributed by atoms with Gasteiger partial charge in [-0.2, -0.15) is 4.39 Å². The summed E-state index contributed by atoms with van der Waals surface area (Å²) in [4.78, 5) is 25.5.